The minimum absolute atomic E-state index is 0.389. The summed E-state index contributed by atoms with van der Waals surface area (Å²) in [4.78, 5) is 0. The Balaban J connectivity index is 2.29. The SMILES string of the molecule is CC(N)CC1(C)CC1C. The fraction of sp³-hybridized carbons (Fsp3) is 1.00. The molecule has 1 aliphatic rings. The molecular formula is C8H17N. The smallest absolute Gasteiger partial charge is 0.00157 e. The lowest BCUT2D eigenvalue weighted by molar-refractivity contribution is 0.432. The molecule has 1 saturated carbocycles. The van der Waals surface area contributed by atoms with Crippen molar-refractivity contribution in [3.63, 3.8) is 0 Å². The van der Waals surface area contributed by atoms with Crippen LogP contribution in [0, 0.1) is 11.3 Å². The van der Waals surface area contributed by atoms with E-state index in [0.29, 0.717) is 11.5 Å². The Morgan fingerprint density at radius 2 is 2.22 bits per heavy atom. The molecule has 1 heteroatoms. The summed E-state index contributed by atoms with van der Waals surface area (Å²) in [5.74, 6) is 0.920. The first kappa shape index (κ1) is 7.07. The molecule has 1 nitrogen and oxygen atoms in total. The summed E-state index contributed by atoms with van der Waals surface area (Å²) in [6.45, 7) is 6.74. The predicted octanol–water partition coefficient (Wildman–Crippen LogP) is 1.77. The van der Waals surface area contributed by atoms with Crippen molar-refractivity contribution in [1.82, 2.24) is 0 Å². The lowest BCUT2D eigenvalue weighted by Gasteiger charge is -2.11. The van der Waals surface area contributed by atoms with Gasteiger partial charge in [0.1, 0.15) is 0 Å². The van der Waals surface area contributed by atoms with Crippen molar-refractivity contribution in [3.8, 4) is 0 Å². The Hall–Kier alpha value is -0.0400. The molecule has 9 heavy (non-hydrogen) atoms. The van der Waals surface area contributed by atoms with Gasteiger partial charge in [-0.2, -0.15) is 0 Å². The quantitative estimate of drug-likeness (QED) is 0.601. The first-order valence-electron chi connectivity index (χ1n) is 3.80. The van der Waals surface area contributed by atoms with E-state index in [4.69, 9.17) is 5.73 Å². The van der Waals surface area contributed by atoms with Crippen molar-refractivity contribution in [3.05, 3.63) is 0 Å². The minimum Gasteiger partial charge on any atom is -0.328 e. The molecule has 1 rings (SSSR count). The summed E-state index contributed by atoms with van der Waals surface area (Å²) in [5.41, 5.74) is 6.29. The van der Waals surface area contributed by atoms with Crippen LogP contribution in [0.5, 0.6) is 0 Å². The van der Waals surface area contributed by atoms with Crippen LogP contribution in [0.1, 0.15) is 33.6 Å². The van der Waals surface area contributed by atoms with Crippen LogP contribution in [-0.2, 0) is 0 Å². The molecule has 0 heterocycles. The van der Waals surface area contributed by atoms with Gasteiger partial charge in [-0.1, -0.05) is 13.8 Å². The zero-order valence-corrected chi connectivity index (χ0v) is 6.65. The van der Waals surface area contributed by atoms with Gasteiger partial charge in [0.25, 0.3) is 0 Å². The van der Waals surface area contributed by atoms with E-state index in [9.17, 15) is 0 Å². The molecule has 0 bridgehead atoms. The summed E-state index contributed by atoms with van der Waals surface area (Å²) in [5, 5.41) is 0. The fourth-order valence-electron chi connectivity index (χ4n) is 1.66. The third-order valence-corrected chi connectivity index (χ3v) is 2.59. The molecule has 3 unspecified atom stereocenters. The Bertz CT molecular complexity index is 109. The van der Waals surface area contributed by atoms with Crippen molar-refractivity contribution >= 4 is 0 Å². The monoisotopic (exact) mass is 127 g/mol. The van der Waals surface area contributed by atoms with E-state index in [1.165, 1.54) is 12.8 Å². The molecule has 2 N–H and O–H groups in total. The second-order valence-electron chi connectivity index (χ2n) is 3.94. The van der Waals surface area contributed by atoms with E-state index in [2.05, 4.69) is 20.8 Å². The normalized spacial score (nSPS) is 44.7. The molecule has 3 atom stereocenters. The zero-order valence-electron chi connectivity index (χ0n) is 6.65. The average molecular weight is 127 g/mol. The zero-order chi connectivity index (χ0) is 7.07. The van der Waals surface area contributed by atoms with Gasteiger partial charge in [-0.05, 0) is 31.1 Å². The van der Waals surface area contributed by atoms with Crippen LogP contribution in [0.15, 0.2) is 0 Å². The third kappa shape index (κ3) is 1.45. The van der Waals surface area contributed by atoms with Crippen molar-refractivity contribution in [2.24, 2.45) is 17.1 Å². The van der Waals surface area contributed by atoms with Crippen molar-refractivity contribution in [2.45, 2.75) is 39.7 Å². The largest absolute Gasteiger partial charge is 0.328 e. The summed E-state index contributed by atoms with van der Waals surface area (Å²) in [6.07, 6.45) is 2.59. The van der Waals surface area contributed by atoms with E-state index in [-0.39, 0.29) is 0 Å². The highest BCUT2D eigenvalue weighted by molar-refractivity contribution is 4.97. The Morgan fingerprint density at radius 3 is 2.33 bits per heavy atom. The van der Waals surface area contributed by atoms with E-state index < -0.39 is 0 Å². The second kappa shape index (κ2) is 1.98. The number of hydrogen-bond acceptors (Lipinski definition) is 1. The highest BCUT2D eigenvalue weighted by Crippen LogP contribution is 2.54. The first-order valence-corrected chi connectivity index (χ1v) is 3.80. The van der Waals surface area contributed by atoms with Gasteiger partial charge in [-0.3, -0.25) is 0 Å². The Kier molecular flexibility index (Phi) is 1.55. The molecule has 54 valence electrons. The van der Waals surface area contributed by atoms with Gasteiger partial charge >= 0.3 is 0 Å². The molecule has 0 amide bonds. The van der Waals surface area contributed by atoms with Crippen LogP contribution in [-0.4, -0.2) is 6.04 Å². The molecule has 1 fully saturated rings. The molecule has 1 aliphatic carbocycles. The summed E-state index contributed by atoms with van der Waals surface area (Å²) < 4.78 is 0. The standard InChI is InChI=1S/C8H17N/c1-6-4-8(6,3)5-7(2)9/h6-7H,4-5,9H2,1-3H3. The van der Waals surface area contributed by atoms with Crippen LogP contribution < -0.4 is 5.73 Å². The molecule has 0 aliphatic heterocycles. The predicted molar refractivity (Wildman–Crippen MR) is 40.2 cm³/mol. The van der Waals surface area contributed by atoms with Gasteiger partial charge in [0.05, 0.1) is 0 Å². The lowest BCUT2D eigenvalue weighted by Crippen LogP contribution is -2.19. The third-order valence-electron chi connectivity index (χ3n) is 2.59. The van der Waals surface area contributed by atoms with Crippen molar-refractivity contribution < 1.29 is 0 Å². The van der Waals surface area contributed by atoms with Gasteiger partial charge in [0.15, 0.2) is 0 Å². The van der Waals surface area contributed by atoms with E-state index in [1.807, 2.05) is 0 Å². The molecule has 0 aromatic rings. The summed E-state index contributed by atoms with van der Waals surface area (Å²) >= 11 is 0. The number of hydrogen-bond donors (Lipinski definition) is 1. The Labute approximate surface area is 57.6 Å². The molecule has 0 spiro atoms. The maximum atomic E-state index is 5.68. The molecule has 0 aromatic heterocycles. The number of nitrogens with two attached hydrogens (primary N) is 1. The first-order chi connectivity index (χ1) is 4.04. The van der Waals surface area contributed by atoms with Gasteiger partial charge in [0, 0.05) is 6.04 Å². The molecular weight excluding hydrogens is 110 g/mol. The van der Waals surface area contributed by atoms with Gasteiger partial charge in [-0.15, -0.1) is 0 Å². The molecule has 0 saturated heterocycles. The topological polar surface area (TPSA) is 26.0 Å². The fourth-order valence-corrected chi connectivity index (χ4v) is 1.66. The van der Waals surface area contributed by atoms with Crippen LogP contribution in [0.2, 0.25) is 0 Å². The highest BCUT2D eigenvalue weighted by atomic mass is 14.6. The Morgan fingerprint density at radius 1 is 1.78 bits per heavy atom. The number of rotatable bonds is 2. The lowest BCUT2D eigenvalue weighted by atomic mass is 9.98. The summed E-state index contributed by atoms with van der Waals surface area (Å²) in [7, 11) is 0. The highest BCUT2D eigenvalue weighted by Gasteiger charge is 2.46. The second-order valence-corrected chi connectivity index (χ2v) is 3.94. The maximum Gasteiger partial charge on any atom is 0.00157 e. The van der Waals surface area contributed by atoms with Gasteiger partial charge < -0.3 is 5.73 Å². The van der Waals surface area contributed by atoms with Gasteiger partial charge in [-0.25, -0.2) is 0 Å². The van der Waals surface area contributed by atoms with E-state index in [0.717, 1.165) is 5.92 Å². The van der Waals surface area contributed by atoms with Crippen molar-refractivity contribution in [1.29, 1.82) is 0 Å². The van der Waals surface area contributed by atoms with Crippen LogP contribution in [0.3, 0.4) is 0 Å². The van der Waals surface area contributed by atoms with E-state index >= 15 is 0 Å². The minimum atomic E-state index is 0.389. The van der Waals surface area contributed by atoms with E-state index in [1.54, 1.807) is 0 Å². The maximum absolute atomic E-state index is 5.68. The van der Waals surface area contributed by atoms with Crippen LogP contribution in [0.4, 0.5) is 0 Å². The molecule has 0 aromatic carbocycles. The van der Waals surface area contributed by atoms with Crippen LogP contribution in [0.25, 0.3) is 0 Å². The van der Waals surface area contributed by atoms with Crippen molar-refractivity contribution in [2.75, 3.05) is 0 Å². The average Bonchev–Trinajstić information content (AvgIpc) is 2.10. The van der Waals surface area contributed by atoms with Gasteiger partial charge in [0.2, 0.25) is 0 Å². The van der Waals surface area contributed by atoms with Crippen LogP contribution >= 0.6 is 0 Å². The summed E-state index contributed by atoms with van der Waals surface area (Å²) in [6, 6.07) is 0.389. The molecule has 0 radical (unpaired) electrons.